The van der Waals surface area contributed by atoms with Crippen molar-refractivity contribution in [1.29, 1.82) is 0 Å². The van der Waals surface area contributed by atoms with Crippen molar-refractivity contribution in [2.45, 2.75) is 32.6 Å². The molecular formula is C13H19ClN2O3S. The SMILES string of the molecule is C[C@@H]1CN(S(=O)(=O)NCc2ccc(Cl)cc2)C[C@@H](C)O1. The molecule has 1 aromatic rings. The molecule has 0 bridgehead atoms. The number of rotatable bonds is 4. The van der Waals surface area contributed by atoms with Gasteiger partial charge in [-0.1, -0.05) is 23.7 Å². The maximum Gasteiger partial charge on any atom is 0.279 e. The van der Waals surface area contributed by atoms with Crippen LogP contribution in [0.4, 0.5) is 0 Å². The van der Waals surface area contributed by atoms with E-state index >= 15 is 0 Å². The average molecular weight is 319 g/mol. The second kappa shape index (κ2) is 6.41. The molecule has 0 saturated carbocycles. The first-order valence-electron chi connectivity index (χ1n) is 6.51. The minimum atomic E-state index is -3.49. The lowest BCUT2D eigenvalue weighted by Gasteiger charge is -2.34. The molecule has 1 N–H and O–H groups in total. The van der Waals surface area contributed by atoms with E-state index in [1.165, 1.54) is 4.31 Å². The second-order valence-electron chi connectivity index (χ2n) is 5.03. The van der Waals surface area contributed by atoms with Gasteiger partial charge in [0.2, 0.25) is 0 Å². The second-order valence-corrected chi connectivity index (χ2v) is 7.22. The highest BCUT2D eigenvalue weighted by Gasteiger charge is 2.30. The van der Waals surface area contributed by atoms with Gasteiger partial charge in [-0.05, 0) is 31.5 Å². The Morgan fingerprint density at radius 3 is 2.35 bits per heavy atom. The number of hydrogen-bond acceptors (Lipinski definition) is 3. The van der Waals surface area contributed by atoms with Crippen LogP contribution in [0, 0.1) is 0 Å². The lowest BCUT2D eigenvalue weighted by Crippen LogP contribution is -2.51. The third-order valence-corrected chi connectivity index (χ3v) is 4.84. The van der Waals surface area contributed by atoms with Crippen LogP contribution < -0.4 is 4.72 Å². The smallest absolute Gasteiger partial charge is 0.279 e. The van der Waals surface area contributed by atoms with Crippen molar-refractivity contribution in [3.05, 3.63) is 34.9 Å². The normalized spacial score (nSPS) is 24.8. The Bertz CT molecular complexity index is 537. The third-order valence-electron chi connectivity index (χ3n) is 3.10. The zero-order valence-corrected chi connectivity index (χ0v) is 13.1. The van der Waals surface area contributed by atoms with Gasteiger partial charge in [0.15, 0.2) is 0 Å². The molecule has 1 fully saturated rings. The summed E-state index contributed by atoms with van der Waals surface area (Å²) in [5, 5.41) is 0.632. The van der Waals surface area contributed by atoms with E-state index in [4.69, 9.17) is 16.3 Å². The van der Waals surface area contributed by atoms with Gasteiger partial charge in [-0.15, -0.1) is 0 Å². The van der Waals surface area contributed by atoms with Crippen LogP contribution in [0.2, 0.25) is 5.02 Å². The predicted octanol–water partition coefficient (Wildman–Crippen LogP) is 1.78. The Morgan fingerprint density at radius 1 is 1.25 bits per heavy atom. The summed E-state index contributed by atoms with van der Waals surface area (Å²) in [6.45, 7) is 4.74. The third kappa shape index (κ3) is 4.17. The maximum absolute atomic E-state index is 12.3. The molecule has 2 atom stereocenters. The summed E-state index contributed by atoms with van der Waals surface area (Å²) in [6, 6.07) is 7.08. The van der Waals surface area contributed by atoms with Gasteiger partial charge in [0.1, 0.15) is 0 Å². The Morgan fingerprint density at radius 2 is 1.80 bits per heavy atom. The predicted molar refractivity (Wildman–Crippen MR) is 78.8 cm³/mol. The van der Waals surface area contributed by atoms with Crippen molar-refractivity contribution in [1.82, 2.24) is 9.03 Å². The fourth-order valence-corrected chi connectivity index (χ4v) is 3.67. The summed E-state index contributed by atoms with van der Waals surface area (Å²) in [6.07, 6.45) is -0.184. The summed E-state index contributed by atoms with van der Waals surface area (Å²) in [5.41, 5.74) is 0.868. The minimum Gasteiger partial charge on any atom is -0.373 e. The highest BCUT2D eigenvalue weighted by molar-refractivity contribution is 7.87. The summed E-state index contributed by atoms with van der Waals surface area (Å²) < 4.78 is 34.1. The van der Waals surface area contributed by atoms with Crippen LogP contribution in [-0.2, 0) is 21.5 Å². The molecule has 20 heavy (non-hydrogen) atoms. The zero-order chi connectivity index (χ0) is 14.8. The molecule has 0 aliphatic carbocycles. The van der Waals surface area contributed by atoms with Gasteiger partial charge in [-0.2, -0.15) is 17.4 Å². The van der Waals surface area contributed by atoms with Gasteiger partial charge >= 0.3 is 0 Å². The summed E-state index contributed by atoms with van der Waals surface area (Å²) >= 11 is 5.79. The number of hydrogen-bond donors (Lipinski definition) is 1. The average Bonchev–Trinajstić information content (AvgIpc) is 2.37. The van der Waals surface area contributed by atoms with E-state index in [0.29, 0.717) is 18.1 Å². The number of nitrogens with zero attached hydrogens (tertiary/aromatic N) is 1. The van der Waals surface area contributed by atoms with E-state index in [-0.39, 0.29) is 18.8 Å². The molecule has 1 aliphatic heterocycles. The molecular weight excluding hydrogens is 300 g/mol. The van der Waals surface area contributed by atoms with Crippen LogP contribution in [0.1, 0.15) is 19.4 Å². The molecule has 0 unspecified atom stereocenters. The number of nitrogens with one attached hydrogen (secondary N) is 1. The van der Waals surface area contributed by atoms with Crippen molar-refractivity contribution in [3.8, 4) is 0 Å². The van der Waals surface area contributed by atoms with Crippen LogP contribution >= 0.6 is 11.6 Å². The van der Waals surface area contributed by atoms with Crippen molar-refractivity contribution >= 4 is 21.8 Å². The molecule has 0 amide bonds. The van der Waals surface area contributed by atoms with Gasteiger partial charge in [0, 0.05) is 24.7 Å². The molecule has 1 aliphatic rings. The van der Waals surface area contributed by atoms with Crippen molar-refractivity contribution in [2.75, 3.05) is 13.1 Å². The van der Waals surface area contributed by atoms with Crippen LogP contribution in [0.5, 0.6) is 0 Å². The molecule has 1 heterocycles. The summed E-state index contributed by atoms with van der Waals surface area (Å²) in [5.74, 6) is 0. The van der Waals surface area contributed by atoms with E-state index < -0.39 is 10.2 Å². The van der Waals surface area contributed by atoms with Crippen LogP contribution in [0.3, 0.4) is 0 Å². The van der Waals surface area contributed by atoms with E-state index in [1.54, 1.807) is 24.3 Å². The van der Waals surface area contributed by atoms with E-state index in [0.717, 1.165) is 5.56 Å². The highest BCUT2D eigenvalue weighted by Crippen LogP contribution is 2.14. The maximum atomic E-state index is 12.3. The summed E-state index contributed by atoms with van der Waals surface area (Å²) in [7, 11) is -3.49. The number of benzene rings is 1. The quantitative estimate of drug-likeness (QED) is 0.920. The van der Waals surface area contributed by atoms with Gasteiger partial charge < -0.3 is 4.74 Å². The largest absolute Gasteiger partial charge is 0.373 e. The Hall–Kier alpha value is -0.660. The molecule has 0 spiro atoms. The van der Waals surface area contributed by atoms with E-state index in [9.17, 15) is 8.42 Å². The first-order chi connectivity index (χ1) is 9.37. The van der Waals surface area contributed by atoms with Crippen molar-refractivity contribution in [3.63, 3.8) is 0 Å². The lowest BCUT2D eigenvalue weighted by molar-refractivity contribution is -0.0444. The van der Waals surface area contributed by atoms with Crippen molar-refractivity contribution < 1.29 is 13.2 Å². The zero-order valence-electron chi connectivity index (χ0n) is 11.5. The minimum absolute atomic E-state index is 0.0918. The van der Waals surface area contributed by atoms with Gasteiger partial charge in [0.25, 0.3) is 10.2 Å². The molecule has 1 aromatic carbocycles. The fraction of sp³-hybridized carbons (Fsp3) is 0.538. The van der Waals surface area contributed by atoms with E-state index in [1.807, 2.05) is 13.8 Å². The monoisotopic (exact) mass is 318 g/mol. The van der Waals surface area contributed by atoms with Gasteiger partial charge in [0.05, 0.1) is 12.2 Å². The number of morpholine rings is 1. The van der Waals surface area contributed by atoms with Crippen LogP contribution in [0.15, 0.2) is 24.3 Å². The van der Waals surface area contributed by atoms with E-state index in [2.05, 4.69) is 4.72 Å². The summed E-state index contributed by atoms with van der Waals surface area (Å²) in [4.78, 5) is 0. The molecule has 1 saturated heterocycles. The number of halogens is 1. The topological polar surface area (TPSA) is 58.6 Å². The first kappa shape index (κ1) is 15.7. The standard InChI is InChI=1S/C13H19ClN2O3S/c1-10-8-16(9-11(2)19-10)20(17,18)15-7-12-3-5-13(14)6-4-12/h3-6,10-11,15H,7-9H2,1-2H3/t10-,11-/m1/s1. The van der Waals surface area contributed by atoms with Gasteiger partial charge in [-0.3, -0.25) is 0 Å². The van der Waals surface area contributed by atoms with Crippen molar-refractivity contribution in [2.24, 2.45) is 0 Å². The Balaban J connectivity index is 1.98. The molecule has 112 valence electrons. The highest BCUT2D eigenvalue weighted by atomic mass is 35.5. The molecule has 7 heteroatoms. The molecule has 5 nitrogen and oxygen atoms in total. The molecule has 2 rings (SSSR count). The number of ether oxygens (including phenoxy) is 1. The van der Waals surface area contributed by atoms with Crippen LogP contribution in [-0.4, -0.2) is 38.0 Å². The van der Waals surface area contributed by atoms with Crippen LogP contribution in [0.25, 0.3) is 0 Å². The lowest BCUT2D eigenvalue weighted by atomic mass is 10.2. The Kier molecular flexibility index (Phi) is 5.04. The molecule has 0 radical (unpaired) electrons. The molecule has 0 aromatic heterocycles. The van der Waals surface area contributed by atoms with Gasteiger partial charge in [-0.25, -0.2) is 0 Å². The fourth-order valence-electron chi connectivity index (χ4n) is 2.20. The first-order valence-corrected chi connectivity index (χ1v) is 8.33. The Labute approximate surface area is 125 Å².